The maximum absolute atomic E-state index is 12.0. The number of thiazole rings is 1. The van der Waals surface area contributed by atoms with E-state index < -0.39 is 18.4 Å². The average Bonchev–Trinajstić information content (AvgIpc) is 3.05. The molecule has 146 valence electrons. The van der Waals surface area contributed by atoms with Gasteiger partial charge in [-0.1, -0.05) is 0 Å². The minimum absolute atomic E-state index is 0.238. The van der Waals surface area contributed by atoms with Crippen LogP contribution < -0.4 is 10.1 Å². The number of aliphatic carboxylic acids is 1. The first kappa shape index (κ1) is 18.6. The Kier molecular flexibility index (Phi) is 4.73. The number of nitrogens with zero attached hydrogens (tertiary/aromatic N) is 2. The Morgan fingerprint density at radius 1 is 1.17 bits per heavy atom. The molecule has 3 N–H and O–H groups in total. The molecule has 0 aliphatic rings. The molecule has 0 fully saturated rings. The largest absolute Gasteiger partial charge is 0.505 e. The lowest BCUT2D eigenvalue weighted by molar-refractivity contribution is -0.135. The van der Waals surface area contributed by atoms with Crippen molar-refractivity contribution in [3.63, 3.8) is 0 Å². The molecule has 0 unspecified atom stereocenters. The Morgan fingerprint density at radius 2 is 1.93 bits per heavy atom. The van der Waals surface area contributed by atoms with Crippen LogP contribution in [-0.2, 0) is 4.79 Å². The number of aryl methyl sites for hydroxylation is 1. The first-order valence-electron chi connectivity index (χ1n) is 8.57. The SMILES string of the molecule is Cc1nc2ccc(Oc3ccc4c(O)c(C(=O)NCC(=O)O)ncc4c3)cc2s1. The summed E-state index contributed by atoms with van der Waals surface area (Å²) in [7, 11) is 0. The van der Waals surface area contributed by atoms with Crippen molar-refractivity contribution in [1.82, 2.24) is 15.3 Å². The van der Waals surface area contributed by atoms with Crippen LogP contribution in [-0.4, -0.2) is 38.6 Å². The number of nitrogens with one attached hydrogen (secondary N) is 1. The number of pyridine rings is 1. The lowest BCUT2D eigenvalue weighted by atomic mass is 10.1. The molecule has 4 rings (SSSR count). The summed E-state index contributed by atoms with van der Waals surface area (Å²) in [4.78, 5) is 31.0. The maximum Gasteiger partial charge on any atom is 0.322 e. The molecular formula is C20H15N3O5S. The molecule has 0 aliphatic heterocycles. The minimum atomic E-state index is -1.19. The zero-order valence-electron chi connectivity index (χ0n) is 15.2. The van der Waals surface area contributed by atoms with Crippen molar-refractivity contribution in [3.8, 4) is 17.2 Å². The van der Waals surface area contributed by atoms with Gasteiger partial charge in [0.15, 0.2) is 11.4 Å². The predicted octanol–water partition coefficient (Wildman–Crippen LogP) is 3.47. The Balaban J connectivity index is 1.61. The van der Waals surface area contributed by atoms with Gasteiger partial charge in [0, 0.05) is 23.0 Å². The van der Waals surface area contributed by atoms with Gasteiger partial charge in [0.05, 0.1) is 15.2 Å². The van der Waals surface area contributed by atoms with Crippen LogP contribution in [0.3, 0.4) is 0 Å². The number of ether oxygens (including phenoxy) is 1. The molecule has 0 aliphatic carbocycles. The molecule has 2 aromatic carbocycles. The average molecular weight is 409 g/mol. The van der Waals surface area contributed by atoms with E-state index in [2.05, 4.69) is 15.3 Å². The molecule has 8 nitrogen and oxygen atoms in total. The molecule has 2 aromatic heterocycles. The van der Waals surface area contributed by atoms with Gasteiger partial charge in [-0.3, -0.25) is 9.59 Å². The minimum Gasteiger partial charge on any atom is -0.505 e. The van der Waals surface area contributed by atoms with Gasteiger partial charge in [0.1, 0.15) is 18.0 Å². The normalized spacial score (nSPS) is 10.9. The number of aromatic hydroxyl groups is 1. The van der Waals surface area contributed by atoms with Gasteiger partial charge >= 0.3 is 5.97 Å². The summed E-state index contributed by atoms with van der Waals surface area (Å²) in [6, 6.07) is 10.6. The maximum atomic E-state index is 12.0. The van der Waals surface area contributed by atoms with Gasteiger partial charge in [0.25, 0.3) is 5.91 Å². The fraction of sp³-hybridized carbons (Fsp3) is 0.100. The number of amides is 1. The van der Waals surface area contributed by atoms with E-state index in [0.29, 0.717) is 22.3 Å². The van der Waals surface area contributed by atoms with Gasteiger partial charge in [-0.25, -0.2) is 9.97 Å². The van der Waals surface area contributed by atoms with Crippen molar-refractivity contribution in [2.45, 2.75) is 6.92 Å². The van der Waals surface area contributed by atoms with E-state index in [0.717, 1.165) is 15.2 Å². The molecule has 9 heteroatoms. The van der Waals surface area contributed by atoms with Crippen LogP contribution in [0.2, 0.25) is 0 Å². The van der Waals surface area contributed by atoms with Crippen molar-refractivity contribution in [2.75, 3.05) is 6.54 Å². The van der Waals surface area contributed by atoms with E-state index in [1.54, 1.807) is 29.5 Å². The quantitative estimate of drug-likeness (QED) is 0.461. The Hall–Kier alpha value is -3.72. The number of carbonyl (C=O) groups excluding carboxylic acids is 1. The lowest BCUT2D eigenvalue weighted by Crippen LogP contribution is -2.29. The van der Waals surface area contributed by atoms with Crippen LogP contribution in [0.4, 0.5) is 0 Å². The van der Waals surface area contributed by atoms with E-state index in [1.807, 2.05) is 25.1 Å². The molecule has 0 radical (unpaired) electrons. The van der Waals surface area contributed by atoms with E-state index in [1.165, 1.54) is 6.20 Å². The third-order valence-electron chi connectivity index (χ3n) is 4.15. The lowest BCUT2D eigenvalue weighted by Gasteiger charge is -2.10. The summed E-state index contributed by atoms with van der Waals surface area (Å²) >= 11 is 1.58. The van der Waals surface area contributed by atoms with Gasteiger partial charge < -0.3 is 20.3 Å². The van der Waals surface area contributed by atoms with Crippen molar-refractivity contribution in [2.24, 2.45) is 0 Å². The topological polar surface area (TPSA) is 122 Å². The van der Waals surface area contributed by atoms with Crippen LogP contribution in [0, 0.1) is 6.92 Å². The van der Waals surface area contributed by atoms with Crippen molar-refractivity contribution in [1.29, 1.82) is 0 Å². The fourth-order valence-corrected chi connectivity index (χ4v) is 3.73. The summed E-state index contributed by atoms with van der Waals surface area (Å²) in [5.74, 6) is -1.07. The van der Waals surface area contributed by atoms with E-state index in [-0.39, 0.29) is 11.4 Å². The zero-order valence-corrected chi connectivity index (χ0v) is 16.0. The van der Waals surface area contributed by atoms with Crippen LogP contribution in [0.15, 0.2) is 42.6 Å². The third-order valence-corrected chi connectivity index (χ3v) is 5.09. The number of carboxylic acids is 1. The number of carbonyl (C=O) groups is 2. The van der Waals surface area contributed by atoms with Gasteiger partial charge in [-0.05, 0) is 37.3 Å². The molecule has 0 bridgehead atoms. The van der Waals surface area contributed by atoms with Crippen LogP contribution in [0.5, 0.6) is 17.2 Å². The molecule has 0 saturated carbocycles. The van der Waals surface area contributed by atoms with Gasteiger partial charge in [0.2, 0.25) is 0 Å². The second-order valence-electron chi connectivity index (χ2n) is 6.25. The first-order valence-corrected chi connectivity index (χ1v) is 9.39. The molecule has 4 aromatic rings. The number of benzene rings is 2. The highest BCUT2D eigenvalue weighted by Gasteiger charge is 2.17. The molecular weight excluding hydrogens is 394 g/mol. The standard InChI is InChI=1S/C20H15N3O5S/c1-10-23-15-5-3-13(7-16(15)29-10)28-12-2-4-14-11(6-12)8-21-18(19(14)26)20(27)22-9-17(24)25/h2-8,26H,9H2,1H3,(H,22,27)(H,24,25). The number of aromatic nitrogens is 2. The smallest absolute Gasteiger partial charge is 0.322 e. The number of rotatable bonds is 5. The molecule has 29 heavy (non-hydrogen) atoms. The van der Waals surface area contributed by atoms with E-state index in [9.17, 15) is 14.7 Å². The van der Waals surface area contributed by atoms with Crippen molar-refractivity contribution >= 4 is 44.2 Å². The van der Waals surface area contributed by atoms with Crippen LogP contribution >= 0.6 is 11.3 Å². The Labute approximate surface area is 168 Å². The van der Waals surface area contributed by atoms with Gasteiger partial charge in [-0.2, -0.15) is 0 Å². The van der Waals surface area contributed by atoms with Crippen LogP contribution in [0.25, 0.3) is 21.0 Å². The van der Waals surface area contributed by atoms with Crippen molar-refractivity contribution in [3.05, 3.63) is 53.3 Å². The van der Waals surface area contributed by atoms with Gasteiger partial charge in [-0.15, -0.1) is 11.3 Å². The highest BCUT2D eigenvalue weighted by atomic mass is 32.1. The highest BCUT2D eigenvalue weighted by Crippen LogP contribution is 2.33. The first-order chi connectivity index (χ1) is 13.9. The number of hydrogen-bond acceptors (Lipinski definition) is 7. The molecule has 2 heterocycles. The summed E-state index contributed by atoms with van der Waals surface area (Å²) < 4.78 is 6.94. The predicted molar refractivity (Wildman–Crippen MR) is 108 cm³/mol. The zero-order chi connectivity index (χ0) is 20.5. The van der Waals surface area contributed by atoms with Crippen molar-refractivity contribution < 1.29 is 24.5 Å². The summed E-state index contributed by atoms with van der Waals surface area (Å²) in [6.07, 6.45) is 1.42. The molecule has 0 atom stereocenters. The third kappa shape index (κ3) is 3.81. The number of fused-ring (bicyclic) bond motifs is 2. The number of hydrogen-bond donors (Lipinski definition) is 3. The second-order valence-corrected chi connectivity index (χ2v) is 7.48. The van der Waals surface area contributed by atoms with E-state index in [4.69, 9.17) is 9.84 Å². The Morgan fingerprint density at radius 3 is 2.72 bits per heavy atom. The molecule has 1 amide bonds. The fourth-order valence-electron chi connectivity index (χ4n) is 2.88. The number of carboxylic acid groups (broad SMARTS) is 1. The van der Waals surface area contributed by atoms with E-state index >= 15 is 0 Å². The summed E-state index contributed by atoms with van der Waals surface area (Å²) in [6.45, 7) is 1.39. The molecule has 0 saturated heterocycles. The monoisotopic (exact) mass is 409 g/mol. The highest BCUT2D eigenvalue weighted by molar-refractivity contribution is 7.18. The molecule has 0 spiro atoms. The second kappa shape index (κ2) is 7.36. The summed E-state index contributed by atoms with van der Waals surface area (Å²) in [5, 5.41) is 23.1. The Bertz CT molecular complexity index is 1270. The summed E-state index contributed by atoms with van der Waals surface area (Å²) in [5.41, 5.74) is 0.680. The van der Waals surface area contributed by atoms with Crippen LogP contribution in [0.1, 0.15) is 15.5 Å².